The first-order chi connectivity index (χ1) is 8.63. The van der Waals surface area contributed by atoms with Crippen LogP contribution >= 0.6 is 34.8 Å². The molecule has 1 aliphatic rings. The maximum Gasteiger partial charge on any atom is 0.0870 e. The average molecular weight is 375 g/mol. The molecule has 1 fully saturated rings. The smallest absolute Gasteiger partial charge is 0.0870 e. The number of benzene rings is 1. The third-order valence-electron chi connectivity index (χ3n) is 3.16. The first-order valence-electron chi connectivity index (χ1n) is 6.11. The van der Waals surface area contributed by atoms with Gasteiger partial charge in [0.25, 0.3) is 0 Å². The number of rotatable bonds is 4. The van der Waals surface area contributed by atoms with E-state index in [1.54, 1.807) is 0 Å². The van der Waals surface area contributed by atoms with Crippen molar-refractivity contribution in [2.45, 2.75) is 6.54 Å². The van der Waals surface area contributed by atoms with Gasteiger partial charge in [-0.05, 0) is 40.3 Å². The summed E-state index contributed by atoms with van der Waals surface area (Å²) < 4.78 is 1.29. The van der Waals surface area contributed by atoms with Crippen molar-refractivity contribution in [1.29, 1.82) is 0 Å². The topological polar surface area (TPSA) is 32.5 Å². The van der Waals surface area contributed by atoms with E-state index in [0.29, 0.717) is 4.99 Å². The maximum atomic E-state index is 5.57. The van der Waals surface area contributed by atoms with Crippen LogP contribution in [0.5, 0.6) is 0 Å². The van der Waals surface area contributed by atoms with E-state index in [9.17, 15) is 0 Å². The van der Waals surface area contributed by atoms with Gasteiger partial charge in [0.05, 0.1) is 4.99 Å². The summed E-state index contributed by atoms with van der Waals surface area (Å²) in [7, 11) is 0. The minimum atomic E-state index is 0.598. The Hall–Kier alpha value is -0.240. The molecule has 0 amide bonds. The van der Waals surface area contributed by atoms with Crippen LogP contribution in [0.25, 0.3) is 0 Å². The Morgan fingerprint density at radius 2 is 1.67 bits per heavy atom. The highest BCUT2D eigenvalue weighted by molar-refractivity contribution is 14.1. The Bertz CT molecular complexity index is 399. The molecule has 1 aliphatic heterocycles. The second-order valence-electron chi connectivity index (χ2n) is 4.65. The molecule has 0 atom stereocenters. The number of thiocarbonyl (C=S) groups is 1. The van der Waals surface area contributed by atoms with Crippen LogP contribution in [0.1, 0.15) is 5.56 Å². The van der Waals surface area contributed by atoms with E-state index < -0.39 is 0 Å². The van der Waals surface area contributed by atoms with Crippen molar-refractivity contribution in [3.05, 3.63) is 33.4 Å². The molecule has 18 heavy (non-hydrogen) atoms. The van der Waals surface area contributed by atoms with Crippen LogP contribution in [-0.4, -0.2) is 47.5 Å². The van der Waals surface area contributed by atoms with E-state index in [4.69, 9.17) is 18.0 Å². The van der Waals surface area contributed by atoms with Gasteiger partial charge in [0, 0.05) is 42.8 Å². The van der Waals surface area contributed by atoms with Gasteiger partial charge in [0.1, 0.15) is 0 Å². The molecule has 0 bridgehead atoms. The van der Waals surface area contributed by atoms with Gasteiger partial charge >= 0.3 is 0 Å². The normalized spacial score (nSPS) is 17.8. The van der Waals surface area contributed by atoms with Crippen molar-refractivity contribution >= 4 is 39.8 Å². The minimum absolute atomic E-state index is 0.598. The molecule has 0 spiro atoms. The summed E-state index contributed by atoms with van der Waals surface area (Å²) in [6, 6.07) is 8.75. The van der Waals surface area contributed by atoms with Gasteiger partial charge in [-0.1, -0.05) is 24.4 Å². The molecular formula is C13H18IN3S. The lowest BCUT2D eigenvalue weighted by Crippen LogP contribution is -2.48. The fourth-order valence-electron chi connectivity index (χ4n) is 2.17. The predicted molar refractivity (Wildman–Crippen MR) is 87.7 cm³/mol. The SMILES string of the molecule is NC(=S)CN1CCN(Cc2ccc(I)cc2)CC1. The number of nitrogens with two attached hydrogens (primary N) is 1. The molecule has 3 nitrogen and oxygen atoms in total. The Balaban J connectivity index is 1.79. The lowest BCUT2D eigenvalue weighted by molar-refractivity contribution is 0.140. The number of hydrogen-bond donors (Lipinski definition) is 1. The number of hydrogen-bond acceptors (Lipinski definition) is 3. The lowest BCUT2D eigenvalue weighted by Gasteiger charge is -2.34. The zero-order valence-electron chi connectivity index (χ0n) is 10.3. The summed E-state index contributed by atoms with van der Waals surface area (Å²) in [6.45, 7) is 6.09. The van der Waals surface area contributed by atoms with E-state index in [1.807, 2.05) is 0 Å². The van der Waals surface area contributed by atoms with Crippen LogP contribution in [-0.2, 0) is 6.54 Å². The molecule has 0 saturated carbocycles. The fraction of sp³-hybridized carbons (Fsp3) is 0.462. The van der Waals surface area contributed by atoms with Crippen molar-refractivity contribution in [2.24, 2.45) is 5.73 Å². The van der Waals surface area contributed by atoms with Crippen molar-refractivity contribution in [3.63, 3.8) is 0 Å². The third kappa shape index (κ3) is 4.46. The van der Waals surface area contributed by atoms with Crippen LogP contribution in [0.3, 0.4) is 0 Å². The van der Waals surface area contributed by atoms with E-state index in [2.05, 4.69) is 56.7 Å². The van der Waals surface area contributed by atoms with Crippen LogP contribution in [0.2, 0.25) is 0 Å². The summed E-state index contributed by atoms with van der Waals surface area (Å²) in [5, 5.41) is 0. The Kier molecular flexibility index (Phi) is 5.35. The van der Waals surface area contributed by atoms with Crippen LogP contribution < -0.4 is 5.73 Å². The second kappa shape index (κ2) is 6.79. The highest BCUT2D eigenvalue weighted by Gasteiger charge is 2.16. The highest BCUT2D eigenvalue weighted by atomic mass is 127. The molecule has 2 N–H and O–H groups in total. The maximum absolute atomic E-state index is 5.57. The Labute approximate surface area is 127 Å². The van der Waals surface area contributed by atoms with Crippen molar-refractivity contribution in [3.8, 4) is 0 Å². The first kappa shape index (κ1) is 14.2. The number of piperazine rings is 1. The van der Waals surface area contributed by atoms with Gasteiger partial charge in [-0.25, -0.2) is 0 Å². The minimum Gasteiger partial charge on any atom is -0.392 e. The largest absolute Gasteiger partial charge is 0.392 e. The standard InChI is InChI=1S/C13H18IN3S/c14-12-3-1-11(2-4-12)9-16-5-7-17(8-6-16)10-13(15)18/h1-4H,5-10H2,(H2,15,18). The molecule has 98 valence electrons. The fourth-order valence-corrected chi connectivity index (χ4v) is 2.72. The third-order valence-corrected chi connectivity index (χ3v) is 4.01. The van der Waals surface area contributed by atoms with Gasteiger partial charge in [0.2, 0.25) is 0 Å². The van der Waals surface area contributed by atoms with Crippen LogP contribution in [0.15, 0.2) is 24.3 Å². The van der Waals surface area contributed by atoms with E-state index in [-0.39, 0.29) is 0 Å². The Morgan fingerprint density at radius 1 is 1.11 bits per heavy atom. The first-order valence-corrected chi connectivity index (χ1v) is 7.59. The van der Waals surface area contributed by atoms with Crippen LogP contribution in [0, 0.1) is 3.57 Å². The van der Waals surface area contributed by atoms with Crippen molar-refractivity contribution < 1.29 is 0 Å². The van der Waals surface area contributed by atoms with Gasteiger partial charge in [-0.15, -0.1) is 0 Å². The molecule has 0 unspecified atom stereocenters. The zero-order valence-corrected chi connectivity index (χ0v) is 13.3. The molecule has 1 aromatic rings. The second-order valence-corrected chi connectivity index (χ2v) is 6.42. The van der Waals surface area contributed by atoms with Gasteiger partial charge < -0.3 is 5.73 Å². The predicted octanol–water partition coefficient (Wildman–Crippen LogP) is 1.69. The molecule has 0 aliphatic carbocycles. The van der Waals surface area contributed by atoms with E-state index >= 15 is 0 Å². The number of nitrogens with zero attached hydrogens (tertiary/aromatic N) is 2. The highest BCUT2D eigenvalue weighted by Crippen LogP contribution is 2.11. The van der Waals surface area contributed by atoms with Gasteiger partial charge in [0.15, 0.2) is 0 Å². The average Bonchev–Trinajstić information content (AvgIpc) is 2.34. The summed E-state index contributed by atoms with van der Waals surface area (Å²) >= 11 is 7.28. The van der Waals surface area contributed by atoms with Gasteiger partial charge in [-0.3, -0.25) is 9.80 Å². The summed E-state index contributed by atoms with van der Waals surface area (Å²) in [4.78, 5) is 5.41. The molecule has 0 aromatic heterocycles. The van der Waals surface area contributed by atoms with Crippen LogP contribution in [0.4, 0.5) is 0 Å². The van der Waals surface area contributed by atoms with Gasteiger partial charge in [-0.2, -0.15) is 0 Å². The summed E-state index contributed by atoms with van der Waals surface area (Å²) in [6.07, 6.45) is 0. The Morgan fingerprint density at radius 3 is 2.22 bits per heavy atom. The van der Waals surface area contributed by atoms with E-state index in [0.717, 1.165) is 39.3 Å². The lowest BCUT2D eigenvalue weighted by atomic mass is 10.2. The molecule has 1 aromatic carbocycles. The van der Waals surface area contributed by atoms with Crippen molar-refractivity contribution in [2.75, 3.05) is 32.7 Å². The van der Waals surface area contributed by atoms with E-state index in [1.165, 1.54) is 9.13 Å². The molecule has 1 heterocycles. The quantitative estimate of drug-likeness (QED) is 0.642. The molecule has 0 radical (unpaired) electrons. The summed E-state index contributed by atoms with van der Waals surface area (Å²) in [5.41, 5.74) is 6.96. The molecule has 2 rings (SSSR count). The monoisotopic (exact) mass is 375 g/mol. The number of halogens is 1. The molecular weight excluding hydrogens is 357 g/mol. The van der Waals surface area contributed by atoms with Crippen molar-refractivity contribution in [1.82, 2.24) is 9.80 Å². The molecule has 1 saturated heterocycles. The summed E-state index contributed by atoms with van der Waals surface area (Å²) in [5.74, 6) is 0. The molecule has 5 heteroatoms. The zero-order chi connectivity index (χ0) is 13.0.